The lowest BCUT2D eigenvalue weighted by Gasteiger charge is -2.42. The number of nitrogens with one attached hydrogen (secondary N) is 1. The van der Waals surface area contributed by atoms with Gasteiger partial charge in [0.15, 0.2) is 0 Å². The van der Waals surface area contributed by atoms with Gasteiger partial charge in [0.1, 0.15) is 0 Å². The highest BCUT2D eigenvalue weighted by atomic mass is 35.5. The Bertz CT molecular complexity index is 989. The first kappa shape index (κ1) is 21.8. The van der Waals surface area contributed by atoms with E-state index in [4.69, 9.17) is 46.4 Å². The van der Waals surface area contributed by atoms with Crippen molar-refractivity contribution in [3.63, 3.8) is 0 Å². The van der Waals surface area contributed by atoms with Crippen LogP contribution in [0.3, 0.4) is 0 Å². The summed E-state index contributed by atoms with van der Waals surface area (Å²) in [4.78, 5) is 2.38. The quantitative estimate of drug-likeness (QED) is 0.401. The first-order valence-electron chi connectivity index (χ1n) is 9.94. The smallest absolute Gasteiger partial charge is 0.0654 e. The molecule has 1 fully saturated rings. The monoisotopic (exact) mass is 478 g/mol. The van der Waals surface area contributed by atoms with Crippen LogP contribution in [0, 0.1) is 0 Å². The average Bonchev–Trinajstić information content (AvgIpc) is 2.74. The Morgan fingerprint density at radius 2 is 1.43 bits per heavy atom. The molecule has 4 rings (SSSR count). The van der Waals surface area contributed by atoms with Gasteiger partial charge in [-0.2, -0.15) is 0 Å². The van der Waals surface area contributed by atoms with E-state index >= 15 is 0 Å². The summed E-state index contributed by atoms with van der Waals surface area (Å²) in [6, 6.07) is 22.4. The second kappa shape index (κ2) is 9.80. The largest absolute Gasteiger partial charge is 0.363 e. The summed E-state index contributed by atoms with van der Waals surface area (Å²) < 4.78 is 0. The highest BCUT2D eigenvalue weighted by Gasteiger charge is 2.30. The van der Waals surface area contributed by atoms with Crippen LogP contribution < -0.4 is 10.2 Å². The molecule has 0 aliphatic carbocycles. The molecule has 0 spiro atoms. The molecule has 1 saturated heterocycles. The van der Waals surface area contributed by atoms with E-state index in [0.29, 0.717) is 16.1 Å². The Morgan fingerprint density at radius 3 is 2.10 bits per heavy atom. The van der Waals surface area contributed by atoms with E-state index in [2.05, 4.69) is 34.5 Å². The number of benzene rings is 3. The van der Waals surface area contributed by atoms with Crippen LogP contribution >= 0.6 is 46.4 Å². The molecule has 0 bridgehead atoms. The topological polar surface area (TPSA) is 15.3 Å². The van der Waals surface area contributed by atoms with Crippen LogP contribution in [0.15, 0.2) is 66.7 Å². The van der Waals surface area contributed by atoms with Crippen molar-refractivity contribution in [2.75, 3.05) is 11.4 Å². The maximum atomic E-state index is 6.56. The predicted octanol–water partition coefficient (Wildman–Crippen LogP) is 7.80. The summed E-state index contributed by atoms with van der Waals surface area (Å²) in [5.41, 5.74) is 3.46. The zero-order valence-electron chi connectivity index (χ0n) is 16.3. The lowest BCUT2D eigenvalue weighted by molar-refractivity contribution is 0.359. The molecule has 30 heavy (non-hydrogen) atoms. The maximum absolute atomic E-state index is 6.56. The molecule has 1 N–H and O–H groups in total. The van der Waals surface area contributed by atoms with Gasteiger partial charge in [-0.1, -0.05) is 70.7 Å². The molecule has 0 aromatic heterocycles. The fourth-order valence-corrected chi connectivity index (χ4v) is 4.79. The molecular weight excluding hydrogens is 458 g/mol. The van der Waals surface area contributed by atoms with Crippen LogP contribution in [0.5, 0.6) is 0 Å². The summed E-state index contributed by atoms with van der Waals surface area (Å²) in [5.74, 6) is 0. The van der Waals surface area contributed by atoms with Crippen molar-refractivity contribution >= 4 is 52.1 Å². The Hall–Kier alpha value is -1.42. The van der Waals surface area contributed by atoms with Gasteiger partial charge in [0.05, 0.1) is 16.8 Å². The molecule has 0 amide bonds. The first-order valence-corrected chi connectivity index (χ1v) is 11.5. The summed E-state index contributed by atoms with van der Waals surface area (Å²) >= 11 is 24.8. The molecule has 156 valence electrons. The standard InChI is InChI=1S/C24H22Cl4N2/c25-18-5-1-16(2-6-18)15-29-21-11-12-30(23-10-9-20(27)13-22(23)28)24(14-21)17-3-7-19(26)8-4-17/h1-10,13,21,24,29H,11-12,14-15H2. The number of piperidine rings is 1. The fourth-order valence-electron chi connectivity index (χ4n) is 4.02. The van der Waals surface area contributed by atoms with Gasteiger partial charge >= 0.3 is 0 Å². The van der Waals surface area contributed by atoms with E-state index in [1.54, 1.807) is 0 Å². The van der Waals surface area contributed by atoms with Crippen LogP contribution in [0.25, 0.3) is 0 Å². The van der Waals surface area contributed by atoms with Gasteiger partial charge < -0.3 is 10.2 Å². The summed E-state index contributed by atoms with van der Waals surface area (Å²) in [6.45, 7) is 1.71. The van der Waals surface area contributed by atoms with E-state index < -0.39 is 0 Å². The minimum absolute atomic E-state index is 0.192. The first-order chi connectivity index (χ1) is 14.5. The zero-order valence-corrected chi connectivity index (χ0v) is 19.3. The van der Waals surface area contributed by atoms with Gasteiger partial charge in [0.2, 0.25) is 0 Å². The molecule has 6 heteroatoms. The van der Waals surface area contributed by atoms with Gasteiger partial charge in [-0.05, 0) is 66.4 Å². The van der Waals surface area contributed by atoms with Crippen LogP contribution in [-0.4, -0.2) is 12.6 Å². The fraction of sp³-hybridized carbons (Fsp3) is 0.250. The van der Waals surface area contributed by atoms with Crippen molar-refractivity contribution < 1.29 is 0 Å². The third kappa shape index (κ3) is 5.25. The average molecular weight is 480 g/mol. The summed E-state index contributed by atoms with van der Waals surface area (Å²) in [6.07, 6.45) is 1.99. The number of hydrogen-bond donors (Lipinski definition) is 1. The third-order valence-electron chi connectivity index (χ3n) is 5.58. The van der Waals surface area contributed by atoms with E-state index in [9.17, 15) is 0 Å². The van der Waals surface area contributed by atoms with Crippen LogP contribution in [0.4, 0.5) is 5.69 Å². The number of nitrogens with zero attached hydrogens (tertiary/aromatic N) is 1. The number of hydrogen-bond acceptors (Lipinski definition) is 2. The van der Waals surface area contributed by atoms with Crippen LogP contribution in [0.1, 0.15) is 30.0 Å². The van der Waals surface area contributed by atoms with Gasteiger partial charge in [-0.15, -0.1) is 0 Å². The van der Waals surface area contributed by atoms with Gasteiger partial charge in [0, 0.05) is 34.2 Å². The van der Waals surface area contributed by atoms with Crippen molar-refractivity contribution in [2.45, 2.75) is 31.5 Å². The molecular formula is C24H22Cl4N2. The molecule has 3 aromatic carbocycles. The van der Waals surface area contributed by atoms with E-state index in [0.717, 1.165) is 41.7 Å². The predicted molar refractivity (Wildman–Crippen MR) is 129 cm³/mol. The number of rotatable bonds is 5. The lowest BCUT2D eigenvalue weighted by atomic mass is 9.91. The normalized spacial score (nSPS) is 19.1. The second-order valence-corrected chi connectivity index (χ2v) is 9.30. The van der Waals surface area contributed by atoms with Gasteiger partial charge in [-0.3, -0.25) is 0 Å². The molecule has 1 heterocycles. The van der Waals surface area contributed by atoms with E-state index in [-0.39, 0.29) is 6.04 Å². The van der Waals surface area contributed by atoms with Gasteiger partial charge in [-0.25, -0.2) is 0 Å². The zero-order chi connectivity index (χ0) is 21.1. The molecule has 2 unspecified atom stereocenters. The Morgan fingerprint density at radius 1 is 0.800 bits per heavy atom. The molecule has 2 nitrogen and oxygen atoms in total. The Balaban J connectivity index is 1.55. The third-order valence-corrected chi connectivity index (χ3v) is 6.63. The van der Waals surface area contributed by atoms with E-state index in [1.807, 2.05) is 42.5 Å². The maximum Gasteiger partial charge on any atom is 0.0654 e. The van der Waals surface area contributed by atoms with Crippen molar-refractivity contribution in [3.05, 3.63) is 97.9 Å². The molecule has 1 aliphatic rings. The SMILES string of the molecule is Clc1ccc(CNC2CCN(c3ccc(Cl)cc3Cl)C(c3ccc(Cl)cc3)C2)cc1. The molecule has 0 saturated carbocycles. The van der Waals surface area contributed by atoms with Crippen LogP contribution in [0.2, 0.25) is 20.1 Å². The van der Waals surface area contributed by atoms with Crippen molar-refractivity contribution in [1.29, 1.82) is 0 Å². The number of anilines is 1. The van der Waals surface area contributed by atoms with Crippen molar-refractivity contribution in [1.82, 2.24) is 5.32 Å². The molecule has 2 atom stereocenters. The molecule has 1 aliphatic heterocycles. The highest BCUT2D eigenvalue weighted by Crippen LogP contribution is 2.39. The highest BCUT2D eigenvalue weighted by molar-refractivity contribution is 6.36. The van der Waals surface area contributed by atoms with Crippen molar-refractivity contribution in [3.8, 4) is 0 Å². The Labute approximate surface area is 197 Å². The Kier molecular flexibility index (Phi) is 7.12. The molecule has 0 radical (unpaired) electrons. The lowest BCUT2D eigenvalue weighted by Crippen LogP contribution is -2.44. The van der Waals surface area contributed by atoms with Gasteiger partial charge in [0.25, 0.3) is 0 Å². The summed E-state index contributed by atoms with van der Waals surface area (Å²) in [7, 11) is 0. The minimum atomic E-state index is 0.192. The van der Waals surface area contributed by atoms with E-state index in [1.165, 1.54) is 11.1 Å². The summed E-state index contributed by atoms with van der Waals surface area (Å²) in [5, 5.41) is 6.53. The minimum Gasteiger partial charge on any atom is -0.363 e. The van der Waals surface area contributed by atoms with Crippen molar-refractivity contribution in [2.24, 2.45) is 0 Å². The number of halogens is 4. The van der Waals surface area contributed by atoms with Crippen LogP contribution in [-0.2, 0) is 6.54 Å². The second-order valence-electron chi connectivity index (χ2n) is 7.59. The molecule has 3 aromatic rings.